The molecule has 2 unspecified atom stereocenters. The van der Waals surface area contributed by atoms with E-state index in [-0.39, 0.29) is 23.6 Å². The fraction of sp³-hybridized carbons (Fsp3) is 0.312. The zero-order valence-corrected chi connectivity index (χ0v) is 13.2. The molecular formula is C16H16N2O4S. The Balaban J connectivity index is 1.67. The topological polar surface area (TPSA) is 86.7 Å². The Labute approximate surface area is 137 Å². The number of β-lactam (4-membered cyclic amide) rings is 1. The van der Waals surface area contributed by atoms with Gasteiger partial charge in [0, 0.05) is 0 Å². The fourth-order valence-corrected chi connectivity index (χ4v) is 4.03. The van der Waals surface area contributed by atoms with Crippen LogP contribution in [0.25, 0.3) is 0 Å². The standard InChI is InChI=1S/C16H16N2O4S/c1-9-7-11(16(21)22)18-14(20)13(15(18)23-9)17-12(19)8-10-5-3-2-4-6-10/h2-7,11,13,15H,8H2,1H3,(H,17,19)(H,21,22)/t11?,13?,15-/m1/s1. The Morgan fingerprint density at radius 1 is 1.30 bits per heavy atom. The van der Waals surface area contributed by atoms with E-state index in [1.165, 1.54) is 16.7 Å². The number of carbonyl (C=O) groups is 3. The molecule has 0 saturated carbocycles. The number of fused-ring (bicyclic) bond motifs is 1. The minimum atomic E-state index is -1.06. The van der Waals surface area contributed by atoms with Gasteiger partial charge in [0.1, 0.15) is 17.5 Å². The summed E-state index contributed by atoms with van der Waals surface area (Å²) >= 11 is 1.41. The second kappa shape index (κ2) is 6.08. The largest absolute Gasteiger partial charge is 0.479 e. The van der Waals surface area contributed by atoms with Crippen LogP contribution in [0.1, 0.15) is 12.5 Å². The van der Waals surface area contributed by atoms with Crippen LogP contribution in [-0.2, 0) is 20.8 Å². The quantitative estimate of drug-likeness (QED) is 0.803. The van der Waals surface area contributed by atoms with Crippen LogP contribution in [0.15, 0.2) is 41.3 Å². The monoisotopic (exact) mass is 332 g/mol. The Morgan fingerprint density at radius 2 is 2.00 bits per heavy atom. The van der Waals surface area contributed by atoms with Gasteiger partial charge in [-0.3, -0.25) is 9.59 Å². The minimum Gasteiger partial charge on any atom is -0.479 e. The van der Waals surface area contributed by atoms with Crippen molar-refractivity contribution in [3.8, 4) is 0 Å². The number of allylic oxidation sites excluding steroid dienone is 1. The van der Waals surface area contributed by atoms with E-state index in [9.17, 15) is 19.5 Å². The molecule has 2 aliphatic rings. The molecule has 0 bridgehead atoms. The maximum Gasteiger partial charge on any atom is 0.330 e. The lowest BCUT2D eigenvalue weighted by Gasteiger charge is -2.50. The highest BCUT2D eigenvalue weighted by molar-refractivity contribution is 8.03. The van der Waals surface area contributed by atoms with Gasteiger partial charge in [-0.2, -0.15) is 0 Å². The lowest BCUT2D eigenvalue weighted by Crippen LogP contribution is -2.73. The number of nitrogens with one attached hydrogen (secondary N) is 1. The Morgan fingerprint density at radius 3 is 2.65 bits per heavy atom. The van der Waals surface area contributed by atoms with E-state index >= 15 is 0 Å². The summed E-state index contributed by atoms with van der Waals surface area (Å²) in [4.78, 5) is 37.7. The van der Waals surface area contributed by atoms with Crippen molar-refractivity contribution >= 4 is 29.5 Å². The van der Waals surface area contributed by atoms with Gasteiger partial charge in [0.15, 0.2) is 0 Å². The molecule has 3 rings (SSSR count). The summed E-state index contributed by atoms with van der Waals surface area (Å²) in [5.41, 5.74) is 0.865. The Kier molecular flexibility index (Phi) is 4.12. The van der Waals surface area contributed by atoms with Crippen molar-refractivity contribution in [2.45, 2.75) is 30.8 Å². The molecule has 1 aromatic rings. The summed E-state index contributed by atoms with van der Waals surface area (Å²) in [7, 11) is 0. The fourth-order valence-electron chi connectivity index (χ4n) is 2.77. The molecule has 1 aromatic carbocycles. The first-order valence-electron chi connectivity index (χ1n) is 7.20. The second-order valence-electron chi connectivity index (χ2n) is 5.52. The van der Waals surface area contributed by atoms with Crippen molar-refractivity contribution < 1.29 is 19.5 Å². The van der Waals surface area contributed by atoms with Crippen LogP contribution in [0.5, 0.6) is 0 Å². The van der Waals surface area contributed by atoms with E-state index < -0.39 is 18.1 Å². The van der Waals surface area contributed by atoms with E-state index in [0.717, 1.165) is 10.5 Å². The molecule has 120 valence electrons. The number of carboxylic acid groups (broad SMARTS) is 1. The first-order valence-corrected chi connectivity index (χ1v) is 8.08. The van der Waals surface area contributed by atoms with Crippen LogP contribution in [-0.4, -0.2) is 45.2 Å². The molecule has 2 aliphatic heterocycles. The molecule has 0 radical (unpaired) electrons. The van der Waals surface area contributed by atoms with Crippen LogP contribution in [0.2, 0.25) is 0 Å². The molecule has 0 aliphatic carbocycles. The number of carboxylic acids is 1. The molecule has 2 N–H and O–H groups in total. The van der Waals surface area contributed by atoms with Gasteiger partial charge in [0.2, 0.25) is 11.8 Å². The number of amides is 2. The summed E-state index contributed by atoms with van der Waals surface area (Å²) < 4.78 is 0. The third-order valence-electron chi connectivity index (χ3n) is 3.86. The van der Waals surface area contributed by atoms with Gasteiger partial charge in [-0.1, -0.05) is 30.3 Å². The van der Waals surface area contributed by atoms with E-state index in [2.05, 4.69) is 5.32 Å². The number of rotatable bonds is 4. The van der Waals surface area contributed by atoms with Gasteiger partial charge in [0.25, 0.3) is 0 Å². The van der Waals surface area contributed by atoms with E-state index in [1.807, 2.05) is 37.3 Å². The number of benzene rings is 1. The number of hydrogen-bond acceptors (Lipinski definition) is 4. The highest BCUT2D eigenvalue weighted by atomic mass is 32.2. The number of carbonyl (C=O) groups excluding carboxylic acids is 2. The number of thioether (sulfide) groups is 1. The zero-order valence-electron chi connectivity index (χ0n) is 12.4. The first-order chi connectivity index (χ1) is 11.0. The van der Waals surface area contributed by atoms with Crippen LogP contribution in [0.3, 0.4) is 0 Å². The summed E-state index contributed by atoms with van der Waals surface area (Å²) in [6.07, 6.45) is 1.75. The van der Waals surface area contributed by atoms with Crippen molar-refractivity contribution in [2.75, 3.05) is 0 Å². The lowest BCUT2D eigenvalue weighted by molar-refractivity contribution is -0.159. The maximum atomic E-state index is 12.2. The van der Waals surface area contributed by atoms with Crippen LogP contribution in [0.4, 0.5) is 0 Å². The van der Waals surface area contributed by atoms with Crippen molar-refractivity contribution in [1.29, 1.82) is 0 Å². The molecule has 2 amide bonds. The molecule has 1 saturated heterocycles. The molecule has 23 heavy (non-hydrogen) atoms. The van der Waals surface area contributed by atoms with Crippen molar-refractivity contribution in [3.05, 3.63) is 46.9 Å². The van der Waals surface area contributed by atoms with E-state index in [4.69, 9.17) is 0 Å². The Bertz CT molecular complexity index is 689. The van der Waals surface area contributed by atoms with Gasteiger partial charge in [-0.05, 0) is 23.5 Å². The van der Waals surface area contributed by atoms with E-state index in [1.54, 1.807) is 6.08 Å². The highest BCUT2D eigenvalue weighted by Gasteiger charge is 2.54. The van der Waals surface area contributed by atoms with Gasteiger partial charge in [0.05, 0.1) is 6.42 Å². The number of aliphatic carboxylic acids is 1. The maximum absolute atomic E-state index is 12.2. The number of hydrogen-bond donors (Lipinski definition) is 2. The molecule has 3 atom stereocenters. The van der Waals surface area contributed by atoms with Crippen LogP contribution >= 0.6 is 11.8 Å². The first kappa shape index (κ1) is 15.6. The lowest BCUT2D eigenvalue weighted by atomic mass is 10.0. The highest BCUT2D eigenvalue weighted by Crippen LogP contribution is 2.40. The third-order valence-corrected chi connectivity index (χ3v) is 5.10. The molecule has 2 heterocycles. The smallest absolute Gasteiger partial charge is 0.330 e. The van der Waals surface area contributed by atoms with Gasteiger partial charge in [-0.15, -0.1) is 11.8 Å². The second-order valence-corrected chi connectivity index (χ2v) is 6.88. The molecule has 1 fully saturated rings. The summed E-state index contributed by atoms with van der Waals surface area (Å²) in [5.74, 6) is -1.65. The van der Waals surface area contributed by atoms with Crippen molar-refractivity contribution in [3.63, 3.8) is 0 Å². The predicted octanol–water partition coefficient (Wildman–Crippen LogP) is 0.986. The average molecular weight is 332 g/mol. The Hall–Kier alpha value is -2.28. The molecule has 0 spiro atoms. The summed E-state index contributed by atoms with van der Waals surface area (Å²) in [6, 6.07) is 7.64. The normalized spacial score (nSPS) is 26.0. The molecule has 6 nitrogen and oxygen atoms in total. The SMILES string of the molecule is CC1=CC(C(=O)O)N2C(=O)C(NC(=O)Cc3ccccc3)[C@H]2S1. The summed E-state index contributed by atoms with van der Waals surface area (Å²) in [6.45, 7) is 1.81. The van der Waals surface area contributed by atoms with Gasteiger partial charge < -0.3 is 15.3 Å². The number of nitrogens with zero attached hydrogens (tertiary/aromatic N) is 1. The molecular weight excluding hydrogens is 316 g/mol. The summed E-state index contributed by atoms with van der Waals surface area (Å²) in [5, 5.41) is 11.6. The average Bonchev–Trinajstić information content (AvgIpc) is 2.52. The third kappa shape index (κ3) is 2.96. The van der Waals surface area contributed by atoms with Crippen molar-refractivity contribution in [1.82, 2.24) is 10.2 Å². The molecule has 0 aromatic heterocycles. The van der Waals surface area contributed by atoms with Crippen LogP contribution < -0.4 is 5.32 Å². The minimum absolute atomic E-state index is 0.194. The van der Waals surface area contributed by atoms with Crippen LogP contribution in [0, 0.1) is 0 Å². The van der Waals surface area contributed by atoms with E-state index in [0.29, 0.717) is 0 Å². The predicted molar refractivity (Wildman–Crippen MR) is 85.5 cm³/mol. The zero-order chi connectivity index (χ0) is 16.6. The molecule has 7 heteroatoms. The van der Waals surface area contributed by atoms with Gasteiger partial charge in [-0.25, -0.2) is 4.79 Å². The van der Waals surface area contributed by atoms with Crippen molar-refractivity contribution in [2.24, 2.45) is 0 Å². The van der Waals surface area contributed by atoms with Gasteiger partial charge >= 0.3 is 5.97 Å².